The van der Waals surface area contributed by atoms with Gasteiger partial charge in [-0.2, -0.15) is 0 Å². The minimum atomic E-state index is -0.914. The maximum atomic E-state index is 11.2. The summed E-state index contributed by atoms with van der Waals surface area (Å²) in [7, 11) is 0. The van der Waals surface area contributed by atoms with Crippen molar-refractivity contribution in [3.8, 4) is 0 Å². The Balaban J connectivity index is 2.25. The fourth-order valence-corrected chi connectivity index (χ4v) is 2.23. The number of hydrogen-bond donors (Lipinski definition) is 1. The molecule has 0 aromatic heterocycles. The van der Waals surface area contributed by atoms with E-state index < -0.39 is 5.97 Å². The molecule has 0 radical (unpaired) electrons. The predicted molar refractivity (Wildman–Crippen MR) is 81.5 cm³/mol. The normalized spacial score (nSPS) is 19.4. The van der Waals surface area contributed by atoms with E-state index in [1.807, 2.05) is 19.9 Å². The molecular formula is C16H19ClO4. The van der Waals surface area contributed by atoms with E-state index in [9.17, 15) is 4.79 Å². The van der Waals surface area contributed by atoms with Crippen LogP contribution in [0.2, 0.25) is 5.02 Å². The van der Waals surface area contributed by atoms with Gasteiger partial charge in [0.2, 0.25) is 0 Å². The fourth-order valence-electron chi connectivity index (χ4n) is 2.05. The molecule has 114 valence electrons. The molecule has 1 aromatic rings. The molecule has 0 spiro atoms. The van der Waals surface area contributed by atoms with E-state index in [2.05, 4.69) is 0 Å². The Bertz CT molecular complexity index is 549. The van der Waals surface area contributed by atoms with Crippen LogP contribution < -0.4 is 0 Å². The number of carbonyl (C=O) groups is 1. The zero-order valence-corrected chi connectivity index (χ0v) is 12.9. The maximum absolute atomic E-state index is 11.2. The van der Waals surface area contributed by atoms with Crippen molar-refractivity contribution in [1.29, 1.82) is 0 Å². The van der Waals surface area contributed by atoms with E-state index in [1.165, 1.54) is 0 Å². The van der Waals surface area contributed by atoms with E-state index >= 15 is 0 Å². The molecule has 0 aliphatic carbocycles. The lowest BCUT2D eigenvalue weighted by Gasteiger charge is -2.16. The Kier molecular flexibility index (Phi) is 5.39. The van der Waals surface area contributed by atoms with Crippen LogP contribution in [0.5, 0.6) is 0 Å². The van der Waals surface area contributed by atoms with Crippen molar-refractivity contribution < 1.29 is 19.4 Å². The zero-order chi connectivity index (χ0) is 15.4. The molecule has 0 saturated carbocycles. The van der Waals surface area contributed by atoms with Crippen LogP contribution in [0, 0.1) is 0 Å². The van der Waals surface area contributed by atoms with Crippen LogP contribution in [0.1, 0.15) is 37.5 Å². The summed E-state index contributed by atoms with van der Waals surface area (Å²) in [5, 5.41) is 9.74. The van der Waals surface area contributed by atoms with Crippen molar-refractivity contribution >= 4 is 23.6 Å². The van der Waals surface area contributed by atoms with Gasteiger partial charge in [-0.1, -0.05) is 24.6 Å². The minimum Gasteiger partial charge on any atom is -0.478 e. The van der Waals surface area contributed by atoms with Crippen LogP contribution in [0.3, 0.4) is 0 Å². The van der Waals surface area contributed by atoms with Crippen LogP contribution in [0.15, 0.2) is 23.8 Å². The summed E-state index contributed by atoms with van der Waals surface area (Å²) in [4.78, 5) is 11.2. The Hall–Kier alpha value is -1.36. The van der Waals surface area contributed by atoms with Crippen molar-refractivity contribution in [1.82, 2.24) is 0 Å². The van der Waals surface area contributed by atoms with Crippen LogP contribution in [0.25, 0.3) is 6.08 Å². The van der Waals surface area contributed by atoms with E-state index in [0.29, 0.717) is 23.6 Å². The van der Waals surface area contributed by atoms with Gasteiger partial charge in [0, 0.05) is 10.6 Å². The molecule has 1 fully saturated rings. The number of rotatable bonds is 7. The topological polar surface area (TPSA) is 59.1 Å². The van der Waals surface area contributed by atoms with Crippen LogP contribution in [-0.4, -0.2) is 30.4 Å². The van der Waals surface area contributed by atoms with Gasteiger partial charge in [-0.25, -0.2) is 4.79 Å². The van der Waals surface area contributed by atoms with Gasteiger partial charge in [-0.3, -0.25) is 0 Å². The largest absolute Gasteiger partial charge is 0.478 e. The first-order valence-corrected chi connectivity index (χ1v) is 7.35. The van der Waals surface area contributed by atoms with Gasteiger partial charge in [-0.05, 0) is 42.7 Å². The first-order chi connectivity index (χ1) is 10.0. The molecule has 21 heavy (non-hydrogen) atoms. The van der Waals surface area contributed by atoms with Crippen LogP contribution in [-0.2, 0) is 14.3 Å². The highest BCUT2D eigenvalue weighted by Gasteiger charge is 2.24. The molecule has 0 bridgehead atoms. The monoisotopic (exact) mass is 310 g/mol. The van der Waals surface area contributed by atoms with Crippen molar-refractivity contribution in [2.24, 2.45) is 0 Å². The second kappa shape index (κ2) is 7.07. The van der Waals surface area contributed by atoms with Crippen molar-refractivity contribution in [3.63, 3.8) is 0 Å². The SMILES string of the molecule is CCC(=Cc1cc(Cl)ccc1[C@@H](C)OCC1CO1)C(=O)O. The number of ether oxygens (including phenoxy) is 2. The molecule has 1 unspecified atom stereocenters. The Morgan fingerprint density at radius 3 is 2.90 bits per heavy atom. The van der Waals surface area contributed by atoms with Gasteiger partial charge in [0.1, 0.15) is 6.10 Å². The molecule has 1 saturated heterocycles. The standard InChI is InChI=1S/C16H19ClO4/c1-3-11(16(18)19)6-12-7-13(17)4-5-15(12)10(2)20-8-14-9-21-14/h4-7,10,14H,3,8-9H2,1-2H3,(H,18,19)/t10-,14?/m1/s1. The highest BCUT2D eigenvalue weighted by Crippen LogP contribution is 2.27. The fraction of sp³-hybridized carbons (Fsp3) is 0.438. The van der Waals surface area contributed by atoms with Crippen LogP contribution in [0.4, 0.5) is 0 Å². The Morgan fingerprint density at radius 2 is 2.33 bits per heavy atom. The van der Waals surface area contributed by atoms with Crippen molar-refractivity contribution in [2.75, 3.05) is 13.2 Å². The third-order valence-corrected chi connectivity index (χ3v) is 3.64. The summed E-state index contributed by atoms with van der Waals surface area (Å²) in [5.74, 6) is -0.914. The quantitative estimate of drug-likeness (QED) is 0.616. The number of halogens is 1. The summed E-state index contributed by atoms with van der Waals surface area (Å²) in [6.45, 7) is 5.05. The number of aliphatic carboxylic acids is 1. The lowest BCUT2D eigenvalue weighted by molar-refractivity contribution is -0.132. The molecule has 1 heterocycles. The van der Waals surface area contributed by atoms with E-state index in [1.54, 1.807) is 18.2 Å². The third-order valence-electron chi connectivity index (χ3n) is 3.41. The lowest BCUT2D eigenvalue weighted by atomic mass is 10.00. The highest BCUT2D eigenvalue weighted by molar-refractivity contribution is 6.30. The van der Waals surface area contributed by atoms with Gasteiger partial charge in [0.05, 0.1) is 19.3 Å². The first-order valence-electron chi connectivity index (χ1n) is 6.97. The van der Waals surface area contributed by atoms with E-state index in [-0.39, 0.29) is 12.2 Å². The number of hydrogen-bond acceptors (Lipinski definition) is 3. The Labute approximate surface area is 129 Å². The van der Waals surface area contributed by atoms with Crippen molar-refractivity contribution in [3.05, 3.63) is 39.9 Å². The first kappa shape index (κ1) is 16.0. The summed E-state index contributed by atoms with van der Waals surface area (Å²) in [6, 6.07) is 5.43. The average Bonchev–Trinajstić information content (AvgIpc) is 3.26. The number of benzene rings is 1. The summed E-state index contributed by atoms with van der Waals surface area (Å²) in [6.07, 6.45) is 2.16. The molecule has 2 rings (SSSR count). The smallest absolute Gasteiger partial charge is 0.331 e. The van der Waals surface area contributed by atoms with Gasteiger partial charge in [-0.15, -0.1) is 0 Å². The van der Waals surface area contributed by atoms with Crippen LogP contribution >= 0.6 is 11.6 Å². The highest BCUT2D eigenvalue weighted by atomic mass is 35.5. The Morgan fingerprint density at radius 1 is 1.62 bits per heavy atom. The number of carboxylic acids is 1. The summed E-state index contributed by atoms with van der Waals surface area (Å²) < 4.78 is 10.9. The molecule has 1 N–H and O–H groups in total. The molecule has 2 atom stereocenters. The lowest BCUT2D eigenvalue weighted by Crippen LogP contribution is -2.08. The zero-order valence-electron chi connectivity index (χ0n) is 12.1. The van der Waals surface area contributed by atoms with Gasteiger partial charge in [0.15, 0.2) is 0 Å². The molecule has 0 amide bonds. The second-order valence-electron chi connectivity index (χ2n) is 5.03. The number of carboxylic acid groups (broad SMARTS) is 1. The molecule has 1 aromatic carbocycles. The third kappa shape index (κ3) is 4.56. The molecular weight excluding hydrogens is 292 g/mol. The average molecular weight is 311 g/mol. The molecule has 1 aliphatic rings. The minimum absolute atomic E-state index is 0.149. The molecule has 4 nitrogen and oxygen atoms in total. The van der Waals surface area contributed by atoms with E-state index in [4.69, 9.17) is 26.2 Å². The maximum Gasteiger partial charge on any atom is 0.331 e. The van der Waals surface area contributed by atoms with E-state index in [0.717, 1.165) is 17.7 Å². The van der Waals surface area contributed by atoms with Gasteiger partial charge < -0.3 is 14.6 Å². The van der Waals surface area contributed by atoms with Gasteiger partial charge in [0.25, 0.3) is 0 Å². The molecule has 5 heteroatoms. The van der Waals surface area contributed by atoms with Gasteiger partial charge >= 0.3 is 5.97 Å². The second-order valence-corrected chi connectivity index (χ2v) is 5.47. The summed E-state index contributed by atoms with van der Waals surface area (Å²) >= 11 is 6.03. The number of epoxide rings is 1. The predicted octanol–water partition coefficient (Wildman–Crippen LogP) is 3.69. The molecule has 1 aliphatic heterocycles. The summed E-state index contributed by atoms with van der Waals surface area (Å²) in [5.41, 5.74) is 2.05. The van der Waals surface area contributed by atoms with Crippen molar-refractivity contribution in [2.45, 2.75) is 32.5 Å².